The molecule has 0 aromatic carbocycles. The van der Waals surface area contributed by atoms with Gasteiger partial charge in [-0.05, 0) is 12.8 Å². The molecule has 2 amide bonds. The Morgan fingerprint density at radius 1 is 1.44 bits per heavy atom. The number of nitrogens with zero attached hydrogens (tertiary/aromatic N) is 2. The summed E-state index contributed by atoms with van der Waals surface area (Å²) in [5, 5.41) is 9.44. The van der Waals surface area contributed by atoms with Crippen LogP contribution in [-0.2, 0) is 9.59 Å². The number of H-pyrrole nitrogens is 1. The van der Waals surface area contributed by atoms with Crippen molar-refractivity contribution in [3.05, 3.63) is 12.4 Å². The molecule has 1 aromatic rings. The van der Waals surface area contributed by atoms with Crippen LogP contribution in [0.15, 0.2) is 12.4 Å². The van der Waals surface area contributed by atoms with Gasteiger partial charge in [0.15, 0.2) is 0 Å². The van der Waals surface area contributed by atoms with Gasteiger partial charge >= 0.3 is 0 Å². The largest absolute Gasteiger partial charge is 0.371 e. The molecule has 3 rings (SSSR count). The Bertz CT molecular complexity index is 424. The maximum Gasteiger partial charge on any atom is 0.252 e. The Kier molecular flexibility index (Phi) is 1.95. The maximum absolute atomic E-state index is 11.9. The van der Waals surface area contributed by atoms with Gasteiger partial charge in [0.25, 0.3) is 5.91 Å². The summed E-state index contributed by atoms with van der Waals surface area (Å²) in [7, 11) is 0. The Hall–Kier alpha value is -1.85. The van der Waals surface area contributed by atoms with Crippen LogP contribution >= 0.6 is 0 Å². The molecule has 1 aromatic heterocycles. The third-order valence-corrected chi connectivity index (χ3v) is 2.93. The fourth-order valence-corrected chi connectivity index (χ4v) is 2.01. The summed E-state index contributed by atoms with van der Waals surface area (Å²) >= 11 is 0. The van der Waals surface area contributed by atoms with Crippen molar-refractivity contribution >= 4 is 17.5 Å². The third kappa shape index (κ3) is 1.46. The second-order valence-electron chi connectivity index (χ2n) is 4.22. The first kappa shape index (κ1) is 9.38. The number of aromatic nitrogens is 2. The molecule has 2 aliphatic rings. The number of carbonyl (C=O) groups is 2. The van der Waals surface area contributed by atoms with Crippen molar-refractivity contribution < 1.29 is 9.59 Å². The van der Waals surface area contributed by atoms with Gasteiger partial charge < -0.3 is 5.32 Å². The van der Waals surface area contributed by atoms with E-state index < -0.39 is 6.04 Å². The highest BCUT2D eigenvalue weighted by molar-refractivity contribution is 6.07. The van der Waals surface area contributed by atoms with E-state index in [0.29, 0.717) is 0 Å². The van der Waals surface area contributed by atoms with E-state index in [-0.39, 0.29) is 24.3 Å². The van der Waals surface area contributed by atoms with Crippen molar-refractivity contribution in [3.63, 3.8) is 0 Å². The lowest BCUT2D eigenvalue weighted by atomic mass is 10.2. The van der Waals surface area contributed by atoms with Crippen LogP contribution in [0.3, 0.4) is 0 Å². The fraction of sp³-hybridized carbons (Fsp3) is 0.500. The number of anilines is 1. The fourth-order valence-electron chi connectivity index (χ4n) is 2.01. The van der Waals surface area contributed by atoms with Crippen LogP contribution in [0.4, 0.5) is 5.69 Å². The summed E-state index contributed by atoms with van der Waals surface area (Å²) in [6, 6.07) is -0.262. The van der Waals surface area contributed by atoms with Crippen molar-refractivity contribution in [2.75, 3.05) is 5.32 Å². The molecule has 2 heterocycles. The lowest BCUT2D eigenvalue weighted by molar-refractivity contribution is -0.139. The first-order valence-electron chi connectivity index (χ1n) is 5.37. The monoisotopic (exact) mass is 220 g/mol. The summed E-state index contributed by atoms with van der Waals surface area (Å²) in [5.41, 5.74) is 0.740. The molecule has 6 heteroatoms. The molecule has 0 bridgehead atoms. The number of nitrogens with one attached hydrogen (secondary N) is 2. The molecule has 2 fully saturated rings. The molecule has 1 saturated carbocycles. The van der Waals surface area contributed by atoms with E-state index in [0.717, 1.165) is 18.5 Å². The quantitative estimate of drug-likeness (QED) is 0.709. The maximum atomic E-state index is 11.9. The van der Waals surface area contributed by atoms with Crippen molar-refractivity contribution in [2.45, 2.75) is 31.3 Å². The molecule has 6 nitrogen and oxygen atoms in total. The van der Waals surface area contributed by atoms with E-state index in [1.54, 1.807) is 12.4 Å². The van der Waals surface area contributed by atoms with E-state index in [1.165, 1.54) is 4.90 Å². The second-order valence-corrected chi connectivity index (χ2v) is 4.22. The predicted molar refractivity (Wildman–Crippen MR) is 55.5 cm³/mol. The van der Waals surface area contributed by atoms with Crippen LogP contribution in [-0.4, -0.2) is 39.0 Å². The topological polar surface area (TPSA) is 78.1 Å². The molecule has 1 aliphatic heterocycles. The molecule has 1 atom stereocenters. The second kappa shape index (κ2) is 3.33. The number of aromatic amines is 1. The van der Waals surface area contributed by atoms with Crippen LogP contribution < -0.4 is 5.32 Å². The molecule has 1 unspecified atom stereocenters. The minimum atomic E-state index is -0.425. The zero-order valence-corrected chi connectivity index (χ0v) is 8.64. The van der Waals surface area contributed by atoms with Gasteiger partial charge in [-0.25, -0.2) is 0 Å². The summed E-state index contributed by atoms with van der Waals surface area (Å²) in [6.45, 7) is 0. The summed E-state index contributed by atoms with van der Waals surface area (Å²) in [5.74, 6) is -0.165. The van der Waals surface area contributed by atoms with E-state index in [4.69, 9.17) is 0 Å². The third-order valence-electron chi connectivity index (χ3n) is 2.93. The van der Waals surface area contributed by atoms with Gasteiger partial charge in [-0.2, -0.15) is 5.10 Å². The zero-order valence-electron chi connectivity index (χ0n) is 8.64. The van der Waals surface area contributed by atoms with E-state index in [9.17, 15) is 9.59 Å². The number of likely N-dealkylation sites (tertiary alicyclic amines) is 1. The van der Waals surface area contributed by atoms with Gasteiger partial charge in [-0.1, -0.05) is 0 Å². The number of hydrogen-bond acceptors (Lipinski definition) is 4. The van der Waals surface area contributed by atoms with Crippen molar-refractivity contribution in [3.8, 4) is 0 Å². The molecule has 16 heavy (non-hydrogen) atoms. The smallest absolute Gasteiger partial charge is 0.252 e. The Labute approximate surface area is 92.0 Å². The lowest BCUT2D eigenvalue weighted by Crippen LogP contribution is -2.36. The minimum Gasteiger partial charge on any atom is -0.371 e. The number of carbonyl (C=O) groups excluding carboxylic acids is 2. The predicted octanol–water partition coefficient (Wildman–Crippen LogP) is 0.111. The molecule has 0 spiro atoms. The van der Waals surface area contributed by atoms with Gasteiger partial charge in [0.2, 0.25) is 5.91 Å². The highest BCUT2D eigenvalue weighted by Gasteiger charge is 2.46. The van der Waals surface area contributed by atoms with Gasteiger partial charge in [-0.15, -0.1) is 0 Å². The van der Waals surface area contributed by atoms with Crippen LogP contribution in [0.2, 0.25) is 0 Å². The molecule has 1 aliphatic carbocycles. The minimum absolute atomic E-state index is 0.0616. The average molecular weight is 220 g/mol. The molecular weight excluding hydrogens is 208 g/mol. The van der Waals surface area contributed by atoms with E-state index in [1.807, 2.05) is 0 Å². The van der Waals surface area contributed by atoms with Crippen molar-refractivity contribution in [2.24, 2.45) is 0 Å². The van der Waals surface area contributed by atoms with E-state index in [2.05, 4.69) is 15.5 Å². The number of rotatable bonds is 3. The zero-order chi connectivity index (χ0) is 11.1. The standard InChI is InChI=1S/C10H12N4O2/c15-9-3-8(13-6-4-11-12-5-6)10(16)14(9)7-1-2-7/h4-5,7-8,13H,1-3H2,(H,11,12). The van der Waals surface area contributed by atoms with E-state index >= 15 is 0 Å². The van der Waals surface area contributed by atoms with Gasteiger partial charge in [0.05, 0.1) is 18.3 Å². The summed E-state index contributed by atoms with van der Waals surface area (Å²) in [6.07, 6.45) is 5.42. The van der Waals surface area contributed by atoms with Crippen LogP contribution in [0.5, 0.6) is 0 Å². The Balaban J connectivity index is 1.73. The highest BCUT2D eigenvalue weighted by atomic mass is 16.2. The average Bonchev–Trinajstić information content (AvgIpc) is 2.86. The molecule has 84 valence electrons. The SMILES string of the molecule is O=C1CC(Nc2cn[nH]c2)C(=O)N1C1CC1. The highest BCUT2D eigenvalue weighted by Crippen LogP contribution is 2.32. The summed E-state index contributed by atoms with van der Waals surface area (Å²) in [4.78, 5) is 25.0. The molecule has 2 N–H and O–H groups in total. The molecular formula is C10H12N4O2. The normalized spacial score (nSPS) is 25.2. The van der Waals surface area contributed by atoms with Gasteiger partial charge in [0, 0.05) is 12.2 Å². The molecule has 1 saturated heterocycles. The number of imide groups is 1. The van der Waals surface area contributed by atoms with Crippen molar-refractivity contribution in [1.29, 1.82) is 0 Å². The Morgan fingerprint density at radius 2 is 2.25 bits per heavy atom. The number of hydrogen-bond donors (Lipinski definition) is 2. The van der Waals surface area contributed by atoms with Crippen LogP contribution in [0.25, 0.3) is 0 Å². The first-order chi connectivity index (χ1) is 7.75. The van der Waals surface area contributed by atoms with Crippen LogP contribution in [0, 0.1) is 0 Å². The van der Waals surface area contributed by atoms with Gasteiger partial charge in [-0.3, -0.25) is 19.6 Å². The van der Waals surface area contributed by atoms with Crippen molar-refractivity contribution in [1.82, 2.24) is 15.1 Å². The molecule has 0 radical (unpaired) electrons. The lowest BCUT2D eigenvalue weighted by Gasteiger charge is -2.14. The Morgan fingerprint density at radius 3 is 2.88 bits per heavy atom. The summed E-state index contributed by atoms with van der Waals surface area (Å²) < 4.78 is 0. The number of amides is 2. The van der Waals surface area contributed by atoms with Crippen LogP contribution in [0.1, 0.15) is 19.3 Å². The van der Waals surface area contributed by atoms with Gasteiger partial charge in [0.1, 0.15) is 6.04 Å². The first-order valence-corrected chi connectivity index (χ1v) is 5.37.